The Labute approximate surface area is 185 Å². The van der Waals surface area contributed by atoms with E-state index in [0.29, 0.717) is 28.1 Å². The van der Waals surface area contributed by atoms with E-state index < -0.39 is 0 Å². The first-order valence-electron chi connectivity index (χ1n) is 10.4. The largest absolute Gasteiger partial charge is 0.507 e. The van der Waals surface area contributed by atoms with Crippen molar-refractivity contribution in [2.45, 2.75) is 0 Å². The van der Waals surface area contributed by atoms with E-state index in [4.69, 9.17) is 5.10 Å². The summed E-state index contributed by atoms with van der Waals surface area (Å²) in [5.41, 5.74) is 4.34. The molecule has 1 aromatic heterocycles. The summed E-state index contributed by atoms with van der Waals surface area (Å²) in [4.78, 5) is 13.9. The molecular formula is C28H20N2O2. The Hall–Kier alpha value is -4.44. The number of hydrogen-bond acceptors (Lipinski definition) is 3. The van der Waals surface area contributed by atoms with Crippen molar-refractivity contribution in [3.63, 3.8) is 0 Å². The van der Waals surface area contributed by atoms with Crippen LogP contribution in [-0.4, -0.2) is 14.9 Å². The van der Waals surface area contributed by atoms with Gasteiger partial charge in [0.05, 0.1) is 16.9 Å². The van der Waals surface area contributed by atoms with Gasteiger partial charge < -0.3 is 5.11 Å². The first-order valence-corrected chi connectivity index (χ1v) is 10.4. The van der Waals surface area contributed by atoms with Gasteiger partial charge >= 0.3 is 0 Å². The van der Waals surface area contributed by atoms with E-state index in [9.17, 15) is 9.90 Å². The molecule has 0 unspecified atom stereocenters. The van der Waals surface area contributed by atoms with E-state index in [0.717, 1.165) is 11.1 Å². The molecule has 0 aliphatic heterocycles. The molecule has 0 saturated heterocycles. The van der Waals surface area contributed by atoms with Gasteiger partial charge in [-0.3, -0.25) is 4.79 Å². The average molecular weight is 416 g/mol. The molecule has 5 aromatic rings. The van der Waals surface area contributed by atoms with Crippen molar-refractivity contribution >= 4 is 0 Å². The fraction of sp³-hybridized carbons (Fsp3) is 0. The molecule has 0 bridgehead atoms. The molecule has 0 atom stereocenters. The highest BCUT2D eigenvalue weighted by Gasteiger charge is 2.23. The number of aromatic nitrogens is 2. The van der Waals surface area contributed by atoms with Crippen molar-refractivity contribution in [2.24, 2.45) is 0 Å². The molecule has 1 N–H and O–H groups in total. The second-order valence-corrected chi connectivity index (χ2v) is 7.40. The van der Waals surface area contributed by atoms with E-state index in [-0.39, 0.29) is 11.3 Å². The first kappa shape index (κ1) is 19.5. The van der Waals surface area contributed by atoms with Crippen molar-refractivity contribution < 1.29 is 5.11 Å². The maximum absolute atomic E-state index is 13.9. The van der Waals surface area contributed by atoms with Gasteiger partial charge in [0, 0.05) is 16.7 Å². The lowest BCUT2D eigenvalue weighted by atomic mass is 9.91. The van der Waals surface area contributed by atoms with Gasteiger partial charge in [0.25, 0.3) is 5.56 Å². The average Bonchev–Trinajstić information content (AvgIpc) is 2.86. The summed E-state index contributed by atoms with van der Waals surface area (Å²) in [7, 11) is 0. The number of aromatic hydroxyl groups is 1. The normalized spacial score (nSPS) is 10.8. The standard InChI is InChI=1S/C28H20N2O2/c31-24-19-11-10-18-23(24)26-25(20-12-4-1-5-13-20)27(21-14-6-2-7-15-21)29-30(28(26)32)22-16-8-3-9-17-22/h1-19,31H. The molecule has 0 radical (unpaired) electrons. The van der Waals surface area contributed by atoms with Gasteiger partial charge in [-0.2, -0.15) is 9.78 Å². The smallest absolute Gasteiger partial charge is 0.280 e. The number of phenols is 1. The predicted octanol–water partition coefficient (Wildman–Crippen LogP) is 5.94. The number of rotatable bonds is 4. The molecule has 4 nitrogen and oxygen atoms in total. The molecule has 4 aromatic carbocycles. The minimum absolute atomic E-state index is 0.0478. The lowest BCUT2D eigenvalue weighted by molar-refractivity contribution is 0.477. The third-order valence-corrected chi connectivity index (χ3v) is 5.38. The fourth-order valence-electron chi connectivity index (χ4n) is 3.89. The molecule has 0 aliphatic rings. The van der Waals surface area contributed by atoms with Crippen molar-refractivity contribution in [1.29, 1.82) is 0 Å². The molecule has 154 valence electrons. The van der Waals surface area contributed by atoms with Crippen LogP contribution in [0.5, 0.6) is 5.75 Å². The van der Waals surface area contributed by atoms with Gasteiger partial charge in [0.2, 0.25) is 0 Å². The Kier molecular flexibility index (Phi) is 5.10. The van der Waals surface area contributed by atoms with Gasteiger partial charge in [-0.05, 0) is 23.8 Å². The van der Waals surface area contributed by atoms with Gasteiger partial charge in [-0.25, -0.2) is 0 Å². The Balaban J connectivity index is 1.97. The van der Waals surface area contributed by atoms with Crippen LogP contribution in [0, 0.1) is 0 Å². The lowest BCUT2D eigenvalue weighted by Crippen LogP contribution is -2.25. The highest BCUT2D eigenvalue weighted by molar-refractivity contribution is 5.93. The number of nitrogens with zero attached hydrogens (tertiary/aromatic N) is 2. The molecular weight excluding hydrogens is 396 g/mol. The van der Waals surface area contributed by atoms with Crippen molar-refractivity contribution in [2.75, 3.05) is 0 Å². The third kappa shape index (κ3) is 3.48. The number of phenolic OH excluding ortho intramolecular Hbond substituents is 1. The molecule has 0 amide bonds. The van der Waals surface area contributed by atoms with E-state index in [1.165, 1.54) is 4.68 Å². The van der Waals surface area contributed by atoms with Crippen LogP contribution in [0.4, 0.5) is 0 Å². The summed E-state index contributed by atoms with van der Waals surface area (Å²) >= 11 is 0. The summed E-state index contributed by atoms with van der Waals surface area (Å²) < 4.78 is 1.41. The van der Waals surface area contributed by atoms with Crippen LogP contribution < -0.4 is 5.56 Å². The summed E-state index contributed by atoms with van der Waals surface area (Å²) in [6.07, 6.45) is 0. The van der Waals surface area contributed by atoms with Crippen molar-refractivity contribution in [3.8, 4) is 44.9 Å². The Bertz CT molecular complexity index is 1430. The summed E-state index contributed by atoms with van der Waals surface area (Å²) in [5.74, 6) is 0.0478. The summed E-state index contributed by atoms with van der Waals surface area (Å²) in [6, 6.07) is 35.8. The van der Waals surface area contributed by atoms with E-state index in [2.05, 4.69) is 0 Å². The van der Waals surface area contributed by atoms with Crippen molar-refractivity contribution in [3.05, 3.63) is 126 Å². The molecule has 0 saturated carbocycles. The highest BCUT2D eigenvalue weighted by atomic mass is 16.3. The Morgan fingerprint density at radius 2 is 1.12 bits per heavy atom. The number of hydrogen-bond donors (Lipinski definition) is 1. The zero-order valence-electron chi connectivity index (χ0n) is 17.2. The first-order chi connectivity index (χ1) is 15.7. The Morgan fingerprint density at radius 1 is 0.594 bits per heavy atom. The summed E-state index contributed by atoms with van der Waals surface area (Å²) in [5, 5.41) is 15.5. The van der Waals surface area contributed by atoms with Crippen LogP contribution in [0.2, 0.25) is 0 Å². The van der Waals surface area contributed by atoms with Crippen LogP contribution in [0.15, 0.2) is 120 Å². The van der Waals surface area contributed by atoms with Crippen LogP contribution >= 0.6 is 0 Å². The van der Waals surface area contributed by atoms with Gasteiger partial charge in [-0.15, -0.1) is 0 Å². The molecule has 4 heteroatoms. The SMILES string of the molecule is O=c1c(-c2ccccc2O)c(-c2ccccc2)c(-c2ccccc2)nn1-c1ccccc1. The maximum Gasteiger partial charge on any atom is 0.280 e. The van der Waals surface area contributed by atoms with Crippen LogP contribution in [0.3, 0.4) is 0 Å². The molecule has 1 heterocycles. The summed E-state index contributed by atoms with van der Waals surface area (Å²) in [6.45, 7) is 0. The number of benzene rings is 4. The predicted molar refractivity (Wildman–Crippen MR) is 128 cm³/mol. The zero-order valence-corrected chi connectivity index (χ0v) is 17.2. The maximum atomic E-state index is 13.9. The van der Waals surface area contributed by atoms with Crippen LogP contribution in [-0.2, 0) is 0 Å². The zero-order chi connectivity index (χ0) is 21.9. The minimum atomic E-state index is -0.295. The van der Waals surface area contributed by atoms with Gasteiger partial charge in [-0.1, -0.05) is 97.1 Å². The molecule has 5 rings (SSSR count). The van der Waals surface area contributed by atoms with Crippen LogP contribution in [0.25, 0.3) is 39.2 Å². The van der Waals surface area contributed by atoms with Crippen molar-refractivity contribution in [1.82, 2.24) is 9.78 Å². The van der Waals surface area contributed by atoms with E-state index in [1.54, 1.807) is 18.2 Å². The topological polar surface area (TPSA) is 55.1 Å². The minimum Gasteiger partial charge on any atom is -0.507 e. The Morgan fingerprint density at radius 3 is 1.75 bits per heavy atom. The second kappa shape index (κ2) is 8.36. The highest BCUT2D eigenvalue weighted by Crippen LogP contribution is 2.39. The third-order valence-electron chi connectivity index (χ3n) is 5.38. The lowest BCUT2D eigenvalue weighted by Gasteiger charge is -2.18. The quantitative estimate of drug-likeness (QED) is 0.394. The second-order valence-electron chi connectivity index (χ2n) is 7.40. The van der Waals surface area contributed by atoms with Gasteiger partial charge in [0.1, 0.15) is 5.75 Å². The van der Waals surface area contributed by atoms with E-state index in [1.807, 2.05) is 97.1 Å². The molecule has 32 heavy (non-hydrogen) atoms. The molecule has 0 spiro atoms. The van der Waals surface area contributed by atoms with Gasteiger partial charge in [0.15, 0.2) is 0 Å². The molecule has 0 fully saturated rings. The van der Waals surface area contributed by atoms with Crippen LogP contribution in [0.1, 0.15) is 0 Å². The fourth-order valence-corrected chi connectivity index (χ4v) is 3.89. The van der Waals surface area contributed by atoms with E-state index >= 15 is 0 Å². The molecule has 0 aliphatic carbocycles. The number of para-hydroxylation sites is 2. The monoisotopic (exact) mass is 416 g/mol.